The first-order valence-electron chi connectivity index (χ1n) is 36.5. The van der Waals surface area contributed by atoms with Crippen molar-refractivity contribution in [2.24, 2.45) is 14.1 Å². The molecule has 0 bridgehead atoms. The molecule has 0 spiro atoms. The van der Waals surface area contributed by atoms with Crippen molar-refractivity contribution in [2.45, 2.75) is 97.6 Å². The third kappa shape index (κ3) is 25.9. The minimum Gasteiger partial charge on any atom is -0.465 e. The van der Waals surface area contributed by atoms with Crippen LogP contribution in [-0.2, 0) is 53.3 Å². The molecule has 1 radical (unpaired) electrons. The number of thiocarbonyl (C=S) groups is 1. The molecule has 2 aromatic carbocycles. The van der Waals surface area contributed by atoms with Gasteiger partial charge in [0.2, 0.25) is 5.28 Å². The number of Topliss-reactive ketones (excluding diaryl/α,β-unsaturated/α-hetero) is 2. The van der Waals surface area contributed by atoms with Gasteiger partial charge in [-0.25, -0.2) is 29.5 Å². The zero-order chi connectivity index (χ0) is 85.8. The maximum Gasteiger partial charge on any atom is 0.340 e. The van der Waals surface area contributed by atoms with Crippen LogP contribution in [0, 0.1) is 10.9 Å². The number of anilines is 2. The van der Waals surface area contributed by atoms with Gasteiger partial charge >= 0.3 is 11.9 Å². The minimum absolute atomic E-state index is 0. The molecule has 1 aliphatic heterocycles. The number of aromatic nitrogens is 10. The number of carbonyl (C=O) groups is 4. The van der Waals surface area contributed by atoms with Crippen LogP contribution in [0.1, 0.15) is 112 Å². The molecule has 12 aromatic heterocycles. The standard InChI is InChI=1S/C18H16N2O2S.C17H15N2O2S2.C10H10N2O2S2.C9H7ClN2OS.C8H9NO2S3.C7H6N2OS2.C6H7NO2S.C4H8O2S2.V/c21-15(12-4-2-1-3-5-12)8-9-16-19-17-14(10-11-23-17)18(22)20(16)13-6-7-13;20-14(11-4-2-1-3-5-11)10-23-17-18-15-13(8-9-22-15)16(21)19(17)12-6-7-12;1-6(13)5-16-10-11-8-7(3-4-15-8)9(14)12(10)2;10-9-11-7-6(3-4-14-7)8(13)12(9)5-1-2-5;1-11-7(10)5-3-4-14-6(5)9-8(12)13-2;1-9-6(10)4-2-3-12-5(4)8-7(9)11;1-9-6(8)4-2-3-10-5(4)7;5-3-1-7-4(6)2-8-3;/h1-5,10-11,13H,6-9H2;1-5,8-9,12,20H,6-7,10H2;3-4H,5H2,1-2H3;3-5H,1-2H2;3-4H,1-2H3,(H,9,12);2-3H,1H3,(H,8,11);2-3H,7H2,1H3;3-6H,1-2H2;/q;-1;;;;;;;. The molecular formula is C79H78ClN12O14S14V-. The molecule has 0 amide bonds. The summed E-state index contributed by atoms with van der Waals surface area (Å²) in [6.07, 6.45) is 9.24. The van der Waals surface area contributed by atoms with Crippen molar-refractivity contribution in [1.29, 1.82) is 0 Å². The second kappa shape index (κ2) is 46.0. The maximum absolute atomic E-state index is 12.7. The van der Waals surface area contributed by atoms with Crippen molar-refractivity contribution in [3.05, 3.63) is 237 Å². The molecule has 121 heavy (non-hydrogen) atoms. The fourth-order valence-corrected chi connectivity index (χ4v) is 21.2. The van der Waals surface area contributed by atoms with Gasteiger partial charge in [-0.05, 0) is 162 Å². The first-order valence-corrected chi connectivity index (χ1v) is 49.1. The predicted octanol–water partition coefficient (Wildman–Crippen LogP) is 17.0. The van der Waals surface area contributed by atoms with Gasteiger partial charge in [0.05, 0.1) is 58.0 Å². The number of ether oxygens (including phenoxy) is 2. The molecule has 14 aromatic rings. The third-order valence-corrected chi connectivity index (χ3v) is 29.7. The van der Waals surface area contributed by atoms with Crippen molar-refractivity contribution in [3.63, 3.8) is 0 Å². The molecule has 635 valence electrons. The molecule has 4 fully saturated rings. The monoisotopic (exact) mass is 1950 g/mol. The number of esters is 2. The second-order valence-corrected chi connectivity index (χ2v) is 39.1. The number of ketones is 2. The Morgan fingerprint density at radius 3 is 1.60 bits per heavy atom. The van der Waals surface area contributed by atoms with Crippen LogP contribution in [0.2, 0.25) is 5.28 Å². The average Bonchev–Trinajstić information content (AvgIpc) is 1.63. The number of nitrogen functional groups attached to an aromatic ring is 1. The normalized spacial score (nSPS) is 14.3. The summed E-state index contributed by atoms with van der Waals surface area (Å²) in [5.74, 6) is 2.25. The van der Waals surface area contributed by atoms with E-state index in [1.807, 2.05) is 122 Å². The molecule has 2 atom stereocenters. The van der Waals surface area contributed by atoms with Gasteiger partial charge in [0.25, 0.3) is 27.8 Å². The number of aromatic amines is 1. The molecule has 1 saturated heterocycles. The number of fused-ring (bicyclic) bond motifs is 5. The van der Waals surface area contributed by atoms with Gasteiger partial charge in [0.1, 0.15) is 61.0 Å². The number of nitrogens with two attached hydrogens (primary N) is 1. The van der Waals surface area contributed by atoms with E-state index in [1.165, 1.54) is 168 Å². The molecule has 4 aliphatic rings. The van der Waals surface area contributed by atoms with Crippen LogP contribution in [0.4, 0.5) is 10.0 Å². The van der Waals surface area contributed by atoms with Crippen LogP contribution in [0.3, 0.4) is 0 Å². The zero-order valence-electron chi connectivity index (χ0n) is 65.2. The Morgan fingerprint density at radius 2 is 1.06 bits per heavy atom. The topological polar surface area (TPSA) is 363 Å². The number of nitrogens with zero attached hydrogens (tertiary/aromatic N) is 9. The second-order valence-electron chi connectivity index (χ2n) is 26.2. The molecule has 3 aliphatic carbocycles. The number of carbonyl (C=O) groups excluding carboxylic acids is 4. The molecule has 42 heteroatoms. The van der Waals surface area contributed by atoms with Crippen LogP contribution >= 0.6 is 174 Å². The minimum atomic E-state index is -0.376. The first-order chi connectivity index (χ1) is 57.8. The van der Waals surface area contributed by atoms with E-state index in [4.69, 9.17) is 52.0 Å². The van der Waals surface area contributed by atoms with E-state index < -0.39 is 0 Å². The molecular weight excluding hydrogens is 1880 g/mol. The van der Waals surface area contributed by atoms with Crippen molar-refractivity contribution in [1.82, 2.24) is 47.8 Å². The third-order valence-electron chi connectivity index (χ3n) is 17.7. The Bertz CT molecular complexity index is 6300. The molecule has 3 saturated carbocycles. The van der Waals surface area contributed by atoms with Crippen LogP contribution < -0.4 is 38.8 Å². The number of hydrogen-bond donors (Lipinski definition) is 6. The first kappa shape index (κ1) is 95.8. The van der Waals surface area contributed by atoms with Crippen LogP contribution in [0.25, 0.3) is 51.1 Å². The Kier molecular flexibility index (Phi) is 36.4. The average molecular weight is 1950 g/mol. The van der Waals surface area contributed by atoms with Gasteiger partial charge in [-0.3, -0.25) is 56.4 Å². The van der Waals surface area contributed by atoms with E-state index in [1.54, 1.807) is 52.9 Å². The van der Waals surface area contributed by atoms with Gasteiger partial charge < -0.3 is 40.8 Å². The number of aryl methyl sites for hydroxylation is 1. The van der Waals surface area contributed by atoms with Crippen LogP contribution in [-0.4, -0.2) is 145 Å². The van der Waals surface area contributed by atoms with E-state index in [2.05, 4.69) is 39.7 Å². The fourth-order valence-electron chi connectivity index (χ4n) is 11.1. The number of aliphatic hydroxyl groups excluding tert-OH is 3. The number of halogens is 1. The Hall–Kier alpha value is -7.40. The van der Waals surface area contributed by atoms with Gasteiger partial charge in [-0.15, -0.1) is 127 Å². The van der Waals surface area contributed by atoms with E-state index in [9.17, 15) is 48.3 Å². The predicted molar refractivity (Wildman–Crippen MR) is 503 cm³/mol. The number of aliphatic hydroxyl groups is 3. The number of benzene rings is 2. The van der Waals surface area contributed by atoms with E-state index in [-0.39, 0.29) is 98.9 Å². The fraction of sp³-hybridized carbons (Fsp3) is 0.291. The summed E-state index contributed by atoms with van der Waals surface area (Å²) in [6, 6.07) is 32.0. The summed E-state index contributed by atoms with van der Waals surface area (Å²) in [5, 5.41) is 50.2. The van der Waals surface area contributed by atoms with Gasteiger partial charge in [0, 0.05) is 86.4 Å². The Balaban J connectivity index is 0.000000148. The number of methoxy groups -OCH3 is 2. The van der Waals surface area contributed by atoms with Gasteiger partial charge in [-0.1, -0.05) is 72.1 Å². The number of nitrogens with one attached hydrogen (secondary N) is 2. The SMILES string of the molecule is CC(=O)CSc1nc2sccc2c(=O)n1C.COC(=O)c1ccsc1N.COC(=O)c1ccsc1NC(=S)SC.Cn1c(=S)[nH]c2sccc2c1=O.O=C(CCc1nc2sccc2c(=O)n1C1CC1)c1ccccc1.O=c1c2ccsc2nc(Cl)n1C1CC1.O=c1c2ccsc2nc(SC[C-](O)c2ccccc2)n1C1CC1.OC1CSC(O)CS1.[V]. The zero-order valence-corrected chi connectivity index (χ0v) is 78.8. The summed E-state index contributed by atoms with van der Waals surface area (Å²) in [7, 11) is 6.03. The quantitative estimate of drug-likeness (QED) is 0.0123. The molecule has 2 unspecified atom stereocenters. The van der Waals surface area contributed by atoms with Crippen molar-refractivity contribution >= 4 is 263 Å². The number of thiophene rings is 7. The molecule has 7 N–H and O–H groups in total. The van der Waals surface area contributed by atoms with E-state index in [0.29, 0.717) is 115 Å². The summed E-state index contributed by atoms with van der Waals surface area (Å²) in [4.78, 5) is 131. The maximum atomic E-state index is 12.7. The number of H-pyrrole nitrogens is 1. The van der Waals surface area contributed by atoms with Crippen molar-refractivity contribution < 1.29 is 62.5 Å². The molecule has 18 rings (SSSR count). The van der Waals surface area contributed by atoms with Crippen LogP contribution in [0.5, 0.6) is 0 Å². The summed E-state index contributed by atoms with van der Waals surface area (Å²) >= 11 is 32.9. The summed E-state index contributed by atoms with van der Waals surface area (Å²) in [5.41, 5.74) is 7.40. The summed E-state index contributed by atoms with van der Waals surface area (Å²) in [6.45, 7) is 1.52. The van der Waals surface area contributed by atoms with Crippen molar-refractivity contribution in [2.75, 3.05) is 54.5 Å². The van der Waals surface area contributed by atoms with E-state index >= 15 is 0 Å². The van der Waals surface area contributed by atoms with Crippen molar-refractivity contribution in [3.8, 4) is 0 Å². The Labute approximate surface area is 768 Å². The van der Waals surface area contributed by atoms with Gasteiger partial charge in [0.15, 0.2) is 20.9 Å². The molecule has 26 nitrogen and oxygen atoms in total. The molecule has 13 heterocycles. The largest absolute Gasteiger partial charge is 0.465 e. The number of hydrogen-bond acceptors (Lipinski definition) is 33. The summed E-state index contributed by atoms with van der Waals surface area (Å²) < 4.78 is 18.3. The van der Waals surface area contributed by atoms with Gasteiger partial charge in [-0.2, -0.15) is 17.7 Å². The van der Waals surface area contributed by atoms with E-state index in [0.717, 1.165) is 79.1 Å². The van der Waals surface area contributed by atoms with Crippen LogP contribution in [0.15, 0.2) is 175 Å². The Morgan fingerprint density at radius 1 is 0.595 bits per heavy atom. The smallest absolute Gasteiger partial charge is 0.340 e. The number of thioether (sulfide) groups is 5. The number of rotatable bonds is 17.